The zero-order valence-corrected chi connectivity index (χ0v) is 9.87. The van der Waals surface area contributed by atoms with Gasteiger partial charge in [-0.1, -0.05) is 18.2 Å². The van der Waals surface area contributed by atoms with E-state index in [-0.39, 0.29) is 0 Å². The Morgan fingerprint density at radius 2 is 2.24 bits per heavy atom. The summed E-state index contributed by atoms with van der Waals surface area (Å²) in [5, 5.41) is 0. The van der Waals surface area contributed by atoms with Gasteiger partial charge < -0.3 is 4.74 Å². The quantitative estimate of drug-likeness (QED) is 0.594. The molecule has 0 heterocycles. The number of halogens is 1. The molecule has 0 bridgehead atoms. The molecule has 0 N–H and O–H groups in total. The highest BCUT2D eigenvalue weighted by atomic mass is 19.1. The molecular formula is C13H14FNO2. The fourth-order valence-electron chi connectivity index (χ4n) is 2.11. The Labute approximate surface area is 99.3 Å². The first-order valence-electron chi connectivity index (χ1n) is 5.55. The Bertz CT molecular complexity index is 474. The molecule has 1 unspecified atom stereocenters. The van der Waals surface area contributed by atoms with Crippen LogP contribution in [-0.2, 0) is 10.3 Å². The highest BCUT2D eigenvalue weighted by molar-refractivity contribution is 5.51. The number of benzene rings is 1. The van der Waals surface area contributed by atoms with E-state index >= 15 is 0 Å². The van der Waals surface area contributed by atoms with Crippen molar-refractivity contribution in [2.75, 3.05) is 7.11 Å². The molecule has 4 heteroatoms. The molecule has 0 spiro atoms. The number of ether oxygens (including phenoxy) is 1. The molecule has 0 amide bonds. The molecule has 1 fully saturated rings. The van der Waals surface area contributed by atoms with Crippen molar-refractivity contribution in [3.8, 4) is 5.75 Å². The molecule has 17 heavy (non-hydrogen) atoms. The predicted octanol–water partition coefficient (Wildman–Crippen LogP) is 3.05. The molecule has 1 aromatic carbocycles. The molecule has 1 saturated carbocycles. The van der Waals surface area contributed by atoms with Crippen LogP contribution in [0.3, 0.4) is 0 Å². The summed E-state index contributed by atoms with van der Waals surface area (Å²) < 4.78 is 18.7. The van der Waals surface area contributed by atoms with Gasteiger partial charge in [-0.3, -0.25) is 0 Å². The number of carbonyl (C=O) groups excluding carboxylic acids is 1. The molecule has 0 radical (unpaired) electrons. The van der Waals surface area contributed by atoms with Gasteiger partial charge in [0.05, 0.1) is 7.11 Å². The lowest BCUT2D eigenvalue weighted by molar-refractivity contribution is 0.342. The lowest BCUT2D eigenvalue weighted by Crippen LogP contribution is -2.07. The van der Waals surface area contributed by atoms with Crippen molar-refractivity contribution in [3.63, 3.8) is 0 Å². The zero-order chi connectivity index (χ0) is 12.5. The maximum absolute atomic E-state index is 13.5. The molecule has 1 aromatic rings. The Morgan fingerprint density at radius 1 is 1.53 bits per heavy atom. The molecule has 0 aromatic heterocycles. The summed E-state index contributed by atoms with van der Waals surface area (Å²) in [4.78, 5) is 14.3. The smallest absolute Gasteiger partial charge is 0.235 e. The van der Waals surface area contributed by atoms with Gasteiger partial charge in [0.15, 0.2) is 0 Å². The van der Waals surface area contributed by atoms with E-state index in [1.165, 1.54) is 14.0 Å². The van der Waals surface area contributed by atoms with E-state index in [0.717, 1.165) is 18.4 Å². The third kappa shape index (κ3) is 1.96. The fourth-order valence-corrected chi connectivity index (χ4v) is 2.11. The van der Waals surface area contributed by atoms with Crippen molar-refractivity contribution in [2.45, 2.75) is 31.5 Å². The minimum atomic E-state index is -1.11. The van der Waals surface area contributed by atoms with E-state index in [4.69, 9.17) is 4.74 Å². The summed E-state index contributed by atoms with van der Waals surface area (Å²) in [5.41, 5.74) is 0.751. The van der Waals surface area contributed by atoms with Crippen molar-refractivity contribution in [1.82, 2.24) is 0 Å². The van der Waals surface area contributed by atoms with Crippen LogP contribution in [0.1, 0.15) is 37.1 Å². The van der Waals surface area contributed by atoms with E-state index in [1.54, 1.807) is 18.2 Å². The summed E-state index contributed by atoms with van der Waals surface area (Å²) in [7, 11) is 1.51. The monoisotopic (exact) mass is 235 g/mol. The number of methoxy groups -OCH3 is 1. The van der Waals surface area contributed by atoms with Crippen LogP contribution >= 0.6 is 0 Å². The van der Waals surface area contributed by atoms with Gasteiger partial charge in [0.2, 0.25) is 6.08 Å². The van der Waals surface area contributed by atoms with Crippen LogP contribution in [-0.4, -0.2) is 13.2 Å². The van der Waals surface area contributed by atoms with Crippen LogP contribution in [0, 0.1) is 0 Å². The standard InChI is InChI=1S/C13H14FNO2/c1-9(14)10-4-3-5-11(12(10)17-2)13(6-7-13)15-8-16/h3-5,9H,6-7H2,1-2H3. The molecular weight excluding hydrogens is 221 g/mol. The third-order valence-corrected chi connectivity index (χ3v) is 3.16. The Hall–Kier alpha value is -1.67. The molecule has 1 aliphatic rings. The minimum Gasteiger partial charge on any atom is -0.496 e. The Balaban J connectivity index is 2.55. The molecule has 1 atom stereocenters. The number of rotatable bonds is 4. The number of isocyanates is 1. The number of alkyl halides is 1. The fraction of sp³-hybridized carbons (Fsp3) is 0.462. The summed E-state index contributed by atoms with van der Waals surface area (Å²) in [6, 6.07) is 5.29. The lowest BCUT2D eigenvalue weighted by atomic mass is 9.99. The van der Waals surface area contributed by atoms with E-state index in [0.29, 0.717) is 11.3 Å². The van der Waals surface area contributed by atoms with Crippen molar-refractivity contribution in [3.05, 3.63) is 29.3 Å². The number of para-hydroxylation sites is 1. The van der Waals surface area contributed by atoms with Crippen molar-refractivity contribution in [2.24, 2.45) is 4.99 Å². The number of nitrogens with zero attached hydrogens (tertiary/aromatic N) is 1. The highest BCUT2D eigenvalue weighted by Gasteiger charge is 2.47. The van der Waals surface area contributed by atoms with Crippen molar-refractivity contribution >= 4 is 6.08 Å². The molecule has 0 aliphatic heterocycles. The Kier molecular flexibility index (Phi) is 2.99. The average Bonchev–Trinajstić information content (AvgIpc) is 3.09. The van der Waals surface area contributed by atoms with Crippen LogP contribution in [0.15, 0.2) is 23.2 Å². The van der Waals surface area contributed by atoms with Gasteiger partial charge >= 0.3 is 0 Å². The van der Waals surface area contributed by atoms with E-state index in [2.05, 4.69) is 4.99 Å². The van der Waals surface area contributed by atoms with Gasteiger partial charge in [-0.15, -0.1) is 0 Å². The highest BCUT2D eigenvalue weighted by Crippen LogP contribution is 2.53. The van der Waals surface area contributed by atoms with Crippen LogP contribution in [0.4, 0.5) is 4.39 Å². The van der Waals surface area contributed by atoms with Gasteiger partial charge in [0.25, 0.3) is 0 Å². The first-order chi connectivity index (χ1) is 8.14. The average molecular weight is 235 g/mol. The molecule has 1 aliphatic carbocycles. The summed E-state index contributed by atoms with van der Waals surface area (Å²) in [5.74, 6) is 0.499. The van der Waals surface area contributed by atoms with Crippen LogP contribution < -0.4 is 4.74 Å². The van der Waals surface area contributed by atoms with Gasteiger partial charge in [0.1, 0.15) is 17.5 Å². The summed E-state index contributed by atoms with van der Waals surface area (Å²) >= 11 is 0. The molecule has 90 valence electrons. The maximum Gasteiger partial charge on any atom is 0.235 e. The third-order valence-electron chi connectivity index (χ3n) is 3.16. The van der Waals surface area contributed by atoms with Gasteiger partial charge in [-0.05, 0) is 19.8 Å². The van der Waals surface area contributed by atoms with Crippen LogP contribution in [0.2, 0.25) is 0 Å². The van der Waals surface area contributed by atoms with E-state index < -0.39 is 11.7 Å². The maximum atomic E-state index is 13.5. The molecule has 3 nitrogen and oxygen atoms in total. The number of hydrogen-bond acceptors (Lipinski definition) is 3. The largest absolute Gasteiger partial charge is 0.496 e. The predicted molar refractivity (Wildman–Crippen MR) is 61.6 cm³/mol. The first-order valence-corrected chi connectivity index (χ1v) is 5.55. The molecule has 2 rings (SSSR count). The molecule has 0 saturated heterocycles. The Morgan fingerprint density at radius 3 is 2.71 bits per heavy atom. The van der Waals surface area contributed by atoms with E-state index in [9.17, 15) is 9.18 Å². The van der Waals surface area contributed by atoms with Crippen molar-refractivity contribution < 1.29 is 13.9 Å². The van der Waals surface area contributed by atoms with Crippen LogP contribution in [0.25, 0.3) is 0 Å². The summed E-state index contributed by atoms with van der Waals surface area (Å²) in [6.07, 6.45) is 2.05. The topological polar surface area (TPSA) is 38.7 Å². The van der Waals surface area contributed by atoms with Gasteiger partial charge in [-0.25, -0.2) is 9.18 Å². The van der Waals surface area contributed by atoms with Crippen LogP contribution in [0.5, 0.6) is 5.75 Å². The minimum absolute atomic E-state index is 0.498. The normalized spacial score (nSPS) is 18.1. The van der Waals surface area contributed by atoms with E-state index in [1.807, 2.05) is 6.07 Å². The SMILES string of the molecule is COc1c(C(C)F)cccc1C1(N=C=O)CC1. The van der Waals surface area contributed by atoms with Crippen molar-refractivity contribution in [1.29, 1.82) is 0 Å². The number of hydrogen-bond donors (Lipinski definition) is 0. The first kappa shape index (κ1) is 11.8. The second kappa shape index (κ2) is 4.30. The lowest BCUT2D eigenvalue weighted by Gasteiger charge is -2.17. The number of aliphatic imine (C=N–C) groups is 1. The summed E-state index contributed by atoms with van der Waals surface area (Å²) in [6.45, 7) is 1.46. The van der Waals surface area contributed by atoms with Gasteiger partial charge in [0, 0.05) is 11.1 Å². The van der Waals surface area contributed by atoms with Gasteiger partial charge in [-0.2, -0.15) is 4.99 Å². The second-order valence-corrected chi connectivity index (χ2v) is 4.28. The second-order valence-electron chi connectivity index (χ2n) is 4.28. The zero-order valence-electron chi connectivity index (χ0n) is 9.87.